The van der Waals surface area contributed by atoms with Gasteiger partial charge in [0.15, 0.2) is 0 Å². The fourth-order valence-corrected chi connectivity index (χ4v) is 2.54. The van der Waals surface area contributed by atoms with Gasteiger partial charge in [0.2, 0.25) is 5.91 Å². The zero-order chi connectivity index (χ0) is 16.2. The number of hydrogen-bond donors (Lipinski definition) is 1. The van der Waals surface area contributed by atoms with E-state index in [-0.39, 0.29) is 11.6 Å². The normalized spacial score (nSPS) is 13.0. The highest BCUT2D eigenvalue weighted by Gasteiger charge is 2.17. The lowest BCUT2D eigenvalue weighted by atomic mass is 10.2. The molecule has 0 unspecified atom stereocenters. The van der Waals surface area contributed by atoms with Crippen molar-refractivity contribution in [2.24, 2.45) is 0 Å². The van der Waals surface area contributed by atoms with Crippen molar-refractivity contribution in [2.45, 2.75) is 19.3 Å². The van der Waals surface area contributed by atoms with Crippen molar-refractivity contribution in [1.29, 1.82) is 0 Å². The zero-order valence-corrected chi connectivity index (χ0v) is 12.2. The molecule has 1 amide bonds. The Morgan fingerprint density at radius 3 is 3.00 bits per heavy atom. The Labute approximate surface area is 132 Å². The van der Waals surface area contributed by atoms with Crippen molar-refractivity contribution in [1.82, 2.24) is 9.97 Å². The van der Waals surface area contributed by atoms with E-state index in [0.29, 0.717) is 11.4 Å². The van der Waals surface area contributed by atoms with Gasteiger partial charge in [-0.1, -0.05) is 12.1 Å². The number of carbonyl (C=O) groups is 1. The summed E-state index contributed by atoms with van der Waals surface area (Å²) in [5.41, 5.74) is 2.55. The monoisotopic (exact) mass is 310 g/mol. The largest absolute Gasteiger partial charge is 0.307 e. The molecular weight excluding hydrogens is 296 g/mol. The minimum atomic E-state index is -0.471. The average Bonchev–Trinajstić information content (AvgIpc) is 3.03. The second kappa shape index (κ2) is 6.35. The van der Waals surface area contributed by atoms with E-state index in [1.54, 1.807) is 12.1 Å². The first-order valence-corrected chi connectivity index (χ1v) is 7.20. The summed E-state index contributed by atoms with van der Waals surface area (Å²) in [7, 11) is 0. The number of hydrogen-bond acceptors (Lipinski definition) is 5. The van der Waals surface area contributed by atoms with E-state index >= 15 is 0 Å². The average molecular weight is 310 g/mol. The van der Waals surface area contributed by atoms with Crippen LogP contribution in [0.25, 0.3) is 6.08 Å². The number of benzene rings is 1. The fraction of sp³-hybridized carbons (Fsp3) is 0.188. The van der Waals surface area contributed by atoms with E-state index in [0.717, 1.165) is 30.5 Å². The van der Waals surface area contributed by atoms with Gasteiger partial charge in [-0.2, -0.15) is 0 Å². The van der Waals surface area contributed by atoms with Crippen molar-refractivity contribution in [3.8, 4) is 0 Å². The predicted molar refractivity (Wildman–Crippen MR) is 84.8 cm³/mol. The van der Waals surface area contributed by atoms with Crippen LogP contribution in [0.2, 0.25) is 0 Å². The molecule has 0 atom stereocenters. The molecule has 2 aromatic rings. The fourth-order valence-electron chi connectivity index (χ4n) is 2.54. The number of nitrogens with zero attached hydrogens (tertiary/aromatic N) is 3. The summed E-state index contributed by atoms with van der Waals surface area (Å²) in [6.45, 7) is 0. The molecule has 23 heavy (non-hydrogen) atoms. The minimum Gasteiger partial charge on any atom is -0.307 e. The number of nitro benzene ring substituents is 1. The van der Waals surface area contributed by atoms with E-state index in [2.05, 4.69) is 15.3 Å². The van der Waals surface area contributed by atoms with E-state index in [1.165, 1.54) is 30.6 Å². The first-order valence-electron chi connectivity index (χ1n) is 7.20. The standard InChI is InChI=1S/C16H14N4O3/c21-15(8-7-11-3-1-4-12(9-11)20(22)23)19-16-13-5-2-6-14(13)17-10-18-16/h1,3-4,7-10H,2,5-6H2,(H,17,18,19,21). The van der Waals surface area contributed by atoms with Gasteiger partial charge in [0.25, 0.3) is 5.69 Å². The Balaban J connectivity index is 1.71. The highest BCUT2D eigenvalue weighted by atomic mass is 16.6. The van der Waals surface area contributed by atoms with Gasteiger partial charge in [0.05, 0.1) is 4.92 Å². The van der Waals surface area contributed by atoms with Gasteiger partial charge in [0.1, 0.15) is 12.1 Å². The summed E-state index contributed by atoms with van der Waals surface area (Å²) in [5.74, 6) is 0.213. The lowest BCUT2D eigenvalue weighted by molar-refractivity contribution is -0.384. The SMILES string of the molecule is O=C(C=Cc1cccc([N+](=O)[O-])c1)Nc1ncnc2c1CCC2. The van der Waals surface area contributed by atoms with Gasteiger partial charge < -0.3 is 5.32 Å². The molecule has 0 saturated heterocycles. The van der Waals surface area contributed by atoms with Gasteiger partial charge in [-0.3, -0.25) is 14.9 Å². The van der Waals surface area contributed by atoms with Crippen molar-refractivity contribution in [3.63, 3.8) is 0 Å². The van der Waals surface area contributed by atoms with E-state index < -0.39 is 4.92 Å². The Hall–Kier alpha value is -3.09. The first-order chi connectivity index (χ1) is 11.1. The second-order valence-corrected chi connectivity index (χ2v) is 5.18. The van der Waals surface area contributed by atoms with Crippen LogP contribution in [0, 0.1) is 10.1 Å². The molecule has 1 aliphatic rings. The molecule has 0 spiro atoms. The number of nitrogens with one attached hydrogen (secondary N) is 1. The maximum Gasteiger partial charge on any atom is 0.270 e. The van der Waals surface area contributed by atoms with Crippen molar-refractivity contribution < 1.29 is 9.72 Å². The van der Waals surface area contributed by atoms with Gasteiger partial charge >= 0.3 is 0 Å². The summed E-state index contributed by atoms with van der Waals surface area (Å²) < 4.78 is 0. The summed E-state index contributed by atoms with van der Waals surface area (Å²) >= 11 is 0. The maximum absolute atomic E-state index is 12.0. The van der Waals surface area contributed by atoms with Crippen LogP contribution in [0.5, 0.6) is 0 Å². The van der Waals surface area contributed by atoms with Gasteiger partial charge in [-0.05, 0) is 30.9 Å². The van der Waals surface area contributed by atoms with Crippen LogP contribution in [0.3, 0.4) is 0 Å². The number of nitro groups is 1. The van der Waals surface area contributed by atoms with Crippen molar-refractivity contribution in [3.05, 3.63) is 63.6 Å². The van der Waals surface area contributed by atoms with Crippen LogP contribution in [0.15, 0.2) is 36.7 Å². The molecule has 7 heteroatoms. The summed E-state index contributed by atoms with van der Waals surface area (Å²) in [6.07, 6.45) is 7.10. The van der Waals surface area contributed by atoms with Gasteiger partial charge in [-0.15, -0.1) is 0 Å². The van der Waals surface area contributed by atoms with Gasteiger partial charge in [-0.25, -0.2) is 9.97 Å². The third kappa shape index (κ3) is 3.39. The topological polar surface area (TPSA) is 98.0 Å². The van der Waals surface area contributed by atoms with Crippen LogP contribution in [0.1, 0.15) is 23.2 Å². The molecule has 0 fully saturated rings. The maximum atomic E-state index is 12.0. The Bertz CT molecular complexity index is 802. The van der Waals surface area contributed by atoms with E-state index in [4.69, 9.17) is 0 Å². The molecule has 0 bridgehead atoms. The second-order valence-electron chi connectivity index (χ2n) is 5.18. The summed E-state index contributed by atoms with van der Waals surface area (Å²) in [6, 6.07) is 6.08. The highest BCUT2D eigenvalue weighted by Crippen LogP contribution is 2.25. The van der Waals surface area contributed by atoms with Crippen molar-refractivity contribution >= 4 is 23.5 Å². The minimum absolute atomic E-state index is 0.0128. The van der Waals surface area contributed by atoms with E-state index in [9.17, 15) is 14.9 Å². The smallest absolute Gasteiger partial charge is 0.270 e. The molecule has 1 N–H and O–H groups in total. The highest BCUT2D eigenvalue weighted by molar-refractivity contribution is 6.01. The molecule has 1 aromatic carbocycles. The molecule has 0 aliphatic heterocycles. The Morgan fingerprint density at radius 2 is 2.17 bits per heavy atom. The Kier molecular flexibility index (Phi) is 4.09. The molecule has 3 rings (SSSR count). The van der Waals surface area contributed by atoms with Crippen LogP contribution < -0.4 is 5.32 Å². The molecule has 0 radical (unpaired) electrons. The number of carbonyl (C=O) groups excluding carboxylic acids is 1. The quantitative estimate of drug-likeness (QED) is 0.531. The van der Waals surface area contributed by atoms with Crippen LogP contribution >= 0.6 is 0 Å². The Morgan fingerprint density at radius 1 is 1.30 bits per heavy atom. The number of amides is 1. The van der Waals surface area contributed by atoms with Crippen LogP contribution in [0.4, 0.5) is 11.5 Å². The lowest BCUT2D eigenvalue weighted by Crippen LogP contribution is -2.11. The molecule has 1 aliphatic carbocycles. The molecule has 1 heterocycles. The van der Waals surface area contributed by atoms with Gasteiger partial charge in [0, 0.05) is 29.5 Å². The number of non-ortho nitro benzene ring substituents is 1. The van der Waals surface area contributed by atoms with Crippen LogP contribution in [-0.4, -0.2) is 20.8 Å². The zero-order valence-electron chi connectivity index (χ0n) is 12.2. The number of aryl methyl sites for hydroxylation is 1. The molecule has 0 saturated carbocycles. The van der Waals surface area contributed by atoms with Crippen molar-refractivity contribution in [2.75, 3.05) is 5.32 Å². The number of rotatable bonds is 4. The first kappa shape index (κ1) is 14.8. The molecule has 7 nitrogen and oxygen atoms in total. The summed E-state index contributed by atoms with van der Waals surface area (Å²) in [5, 5.41) is 13.5. The van der Waals surface area contributed by atoms with E-state index in [1.807, 2.05) is 0 Å². The summed E-state index contributed by atoms with van der Waals surface area (Å²) in [4.78, 5) is 30.6. The third-order valence-corrected chi connectivity index (χ3v) is 3.62. The predicted octanol–water partition coefficient (Wildman–Crippen LogP) is 2.53. The molecular formula is C16H14N4O3. The van der Waals surface area contributed by atoms with Crippen LogP contribution in [-0.2, 0) is 17.6 Å². The number of aromatic nitrogens is 2. The molecule has 1 aromatic heterocycles. The third-order valence-electron chi connectivity index (χ3n) is 3.62. The number of anilines is 1. The number of fused-ring (bicyclic) bond motifs is 1. The molecule has 116 valence electrons. The lowest BCUT2D eigenvalue weighted by Gasteiger charge is -2.06.